The van der Waals surface area contributed by atoms with Crippen LogP contribution in [0.4, 0.5) is 0 Å². The van der Waals surface area contributed by atoms with Crippen molar-refractivity contribution in [3.05, 3.63) is 35.7 Å². The number of benzene rings is 1. The molecule has 1 aliphatic rings. The molecule has 88 valence electrons. The largest absolute Gasteiger partial charge is 0.338 e. The van der Waals surface area contributed by atoms with Crippen LogP contribution >= 0.6 is 0 Å². The molecule has 0 amide bonds. The smallest absolute Gasteiger partial charge is 0.234 e. The number of aryl methyl sites for hydroxylation is 1. The molecule has 0 unspecified atom stereocenters. The first-order valence-electron chi connectivity index (χ1n) is 5.85. The Morgan fingerprint density at radius 2 is 2.12 bits per heavy atom. The first-order chi connectivity index (χ1) is 8.25. The van der Waals surface area contributed by atoms with Crippen LogP contribution in [0.5, 0.6) is 0 Å². The normalized spacial score (nSPS) is 17.1. The summed E-state index contributed by atoms with van der Waals surface area (Å²) in [6.45, 7) is 2.63. The lowest BCUT2D eigenvalue weighted by Crippen LogP contribution is -2.19. The van der Waals surface area contributed by atoms with Gasteiger partial charge >= 0.3 is 0 Å². The Labute approximate surface area is 99.8 Å². The lowest BCUT2D eigenvalue weighted by atomic mass is 10.1. The molecule has 0 aliphatic heterocycles. The molecular formula is C13H15N3O. The molecule has 1 heterocycles. The van der Waals surface area contributed by atoms with Crippen LogP contribution in [-0.2, 0) is 5.41 Å². The molecule has 1 saturated carbocycles. The standard InChI is InChI=1S/C13H15N3O/c1-9-4-2-3-5-10(9)11-15-12(17-16-11)13(8-14)6-7-13/h2-5H,6-8,14H2,1H3. The Balaban J connectivity index is 1.99. The van der Waals surface area contributed by atoms with Crippen LogP contribution < -0.4 is 5.73 Å². The van der Waals surface area contributed by atoms with E-state index in [4.69, 9.17) is 10.3 Å². The van der Waals surface area contributed by atoms with Crippen LogP contribution in [0, 0.1) is 6.92 Å². The van der Waals surface area contributed by atoms with E-state index in [0.717, 1.165) is 24.0 Å². The molecule has 0 bridgehead atoms. The zero-order valence-corrected chi connectivity index (χ0v) is 9.81. The molecule has 1 aromatic carbocycles. The maximum Gasteiger partial charge on any atom is 0.234 e. The summed E-state index contributed by atoms with van der Waals surface area (Å²) >= 11 is 0. The van der Waals surface area contributed by atoms with Crippen molar-refractivity contribution < 1.29 is 4.52 Å². The third kappa shape index (κ3) is 1.65. The summed E-state index contributed by atoms with van der Waals surface area (Å²) in [6.07, 6.45) is 2.11. The first kappa shape index (κ1) is 10.5. The predicted octanol–water partition coefficient (Wildman–Crippen LogP) is 2.04. The summed E-state index contributed by atoms with van der Waals surface area (Å²) in [5, 5.41) is 4.06. The van der Waals surface area contributed by atoms with Gasteiger partial charge in [-0.05, 0) is 25.3 Å². The average molecular weight is 229 g/mol. The minimum absolute atomic E-state index is 0.0338. The van der Waals surface area contributed by atoms with Gasteiger partial charge in [-0.3, -0.25) is 0 Å². The molecule has 4 nitrogen and oxygen atoms in total. The quantitative estimate of drug-likeness (QED) is 0.874. The molecule has 0 atom stereocenters. The molecule has 2 N–H and O–H groups in total. The fraction of sp³-hybridized carbons (Fsp3) is 0.385. The van der Waals surface area contributed by atoms with Gasteiger partial charge in [-0.2, -0.15) is 4.98 Å². The lowest BCUT2D eigenvalue weighted by molar-refractivity contribution is 0.347. The highest BCUT2D eigenvalue weighted by Crippen LogP contribution is 2.46. The van der Waals surface area contributed by atoms with Crippen molar-refractivity contribution in [3.63, 3.8) is 0 Å². The zero-order chi connectivity index (χ0) is 11.9. The topological polar surface area (TPSA) is 64.9 Å². The van der Waals surface area contributed by atoms with E-state index in [1.807, 2.05) is 31.2 Å². The molecule has 0 saturated heterocycles. The Hall–Kier alpha value is -1.68. The van der Waals surface area contributed by atoms with Gasteiger partial charge in [-0.1, -0.05) is 29.4 Å². The lowest BCUT2D eigenvalue weighted by Gasteiger charge is -2.03. The van der Waals surface area contributed by atoms with Crippen LogP contribution in [0.2, 0.25) is 0 Å². The fourth-order valence-corrected chi connectivity index (χ4v) is 2.03. The highest BCUT2D eigenvalue weighted by atomic mass is 16.5. The number of hydrogen-bond acceptors (Lipinski definition) is 4. The number of nitrogens with two attached hydrogens (primary N) is 1. The van der Waals surface area contributed by atoms with Crippen molar-refractivity contribution in [2.75, 3.05) is 6.54 Å². The highest BCUT2D eigenvalue weighted by molar-refractivity contribution is 5.59. The van der Waals surface area contributed by atoms with Crippen molar-refractivity contribution in [3.8, 4) is 11.4 Å². The molecule has 17 heavy (non-hydrogen) atoms. The molecule has 1 fully saturated rings. The van der Waals surface area contributed by atoms with Crippen molar-refractivity contribution in [1.82, 2.24) is 10.1 Å². The van der Waals surface area contributed by atoms with E-state index < -0.39 is 0 Å². The zero-order valence-electron chi connectivity index (χ0n) is 9.81. The second kappa shape index (κ2) is 3.67. The third-order valence-corrected chi connectivity index (χ3v) is 3.51. The highest BCUT2D eigenvalue weighted by Gasteiger charge is 2.48. The van der Waals surface area contributed by atoms with Crippen molar-refractivity contribution in [1.29, 1.82) is 0 Å². The summed E-state index contributed by atoms with van der Waals surface area (Å²) in [7, 11) is 0. The van der Waals surface area contributed by atoms with E-state index in [1.54, 1.807) is 0 Å². The molecule has 0 radical (unpaired) electrons. The van der Waals surface area contributed by atoms with Gasteiger partial charge in [0.15, 0.2) is 0 Å². The van der Waals surface area contributed by atoms with E-state index in [0.29, 0.717) is 18.3 Å². The number of hydrogen-bond donors (Lipinski definition) is 1. The predicted molar refractivity (Wildman–Crippen MR) is 64.4 cm³/mol. The van der Waals surface area contributed by atoms with Gasteiger partial charge in [-0.15, -0.1) is 0 Å². The van der Waals surface area contributed by atoms with E-state index in [-0.39, 0.29) is 5.41 Å². The van der Waals surface area contributed by atoms with Crippen molar-refractivity contribution >= 4 is 0 Å². The van der Waals surface area contributed by atoms with Crippen LogP contribution in [0.1, 0.15) is 24.3 Å². The van der Waals surface area contributed by atoms with E-state index in [2.05, 4.69) is 10.1 Å². The van der Waals surface area contributed by atoms with Gasteiger partial charge in [0.1, 0.15) is 0 Å². The summed E-state index contributed by atoms with van der Waals surface area (Å²) in [4.78, 5) is 4.49. The SMILES string of the molecule is Cc1ccccc1-c1noc(C2(CN)CC2)n1. The first-order valence-corrected chi connectivity index (χ1v) is 5.85. The monoisotopic (exact) mass is 229 g/mol. The summed E-state index contributed by atoms with van der Waals surface area (Å²) in [5.41, 5.74) is 7.89. The minimum atomic E-state index is -0.0338. The summed E-state index contributed by atoms with van der Waals surface area (Å²) in [6, 6.07) is 8.03. The van der Waals surface area contributed by atoms with Gasteiger partial charge < -0.3 is 10.3 Å². The number of rotatable bonds is 3. The van der Waals surface area contributed by atoms with E-state index >= 15 is 0 Å². The third-order valence-electron chi connectivity index (χ3n) is 3.51. The van der Waals surface area contributed by atoms with Crippen molar-refractivity contribution in [2.24, 2.45) is 5.73 Å². The van der Waals surface area contributed by atoms with Crippen LogP contribution in [-0.4, -0.2) is 16.7 Å². The van der Waals surface area contributed by atoms with E-state index in [9.17, 15) is 0 Å². The second-order valence-corrected chi connectivity index (χ2v) is 4.72. The fourth-order valence-electron chi connectivity index (χ4n) is 2.03. The summed E-state index contributed by atoms with van der Waals surface area (Å²) in [5.74, 6) is 1.36. The molecule has 1 aromatic heterocycles. The Morgan fingerprint density at radius 3 is 2.76 bits per heavy atom. The molecule has 1 aliphatic carbocycles. The second-order valence-electron chi connectivity index (χ2n) is 4.72. The maximum absolute atomic E-state index is 5.75. The maximum atomic E-state index is 5.75. The van der Waals surface area contributed by atoms with Gasteiger partial charge in [0.25, 0.3) is 0 Å². The molecule has 3 rings (SSSR count). The van der Waals surface area contributed by atoms with Crippen molar-refractivity contribution in [2.45, 2.75) is 25.2 Å². The molecule has 4 heteroatoms. The van der Waals surface area contributed by atoms with Crippen LogP contribution in [0.15, 0.2) is 28.8 Å². The van der Waals surface area contributed by atoms with Gasteiger partial charge in [0, 0.05) is 12.1 Å². The molecular weight excluding hydrogens is 214 g/mol. The molecule has 0 spiro atoms. The van der Waals surface area contributed by atoms with E-state index in [1.165, 1.54) is 0 Å². The number of nitrogens with zero attached hydrogens (tertiary/aromatic N) is 2. The van der Waals surface area contributed by atoms with Crippen LogP contribution in [0.25, 0.3) is 11.4 Å². The van der Waals surface area contributed by atoms with Gasteiger partial charge in [0.05, 0.1) is 5.41 Å². The summed E-state index contributed by atoms with van der Waals surface area (Å²) < 4.78 is 5.35. The van der Waals surface area contributed by atoms with Gasteiger partial charge in [-0.25, -0.2) is 0 Å². The molecule has 2 aromatic rings. The van der Waals surface area contributed by atoms with Crippen LogP contribution in [0.3, 0.4) is 0 Å². The average Bonchev–Trinajstić information content (AvgIpc) is 3.00. The Kier molecular flexibility index (Phi) is 2.26. The van der Waals surface area contributed by atoms with Gasteiger partial charge in [0.2, 0.25) is 11.7 Å². The number of aromatic nitrogens is 2. The minimum Gasteiger partial charge on any atom is -0.338 e. The Bertz CT molecular complexity index is 543. The Morgan fingerprint density at radius 1 is 1.35 bits per heavy atom.